The highest BCUT2D eigenvalue weighted by Crippen LogP contribution is 2.42. The molecule has 0 aromatic rings. The third-order valence-electron chi connectivity index (χ3n) is 6.60. The van der Waals surface area contributed by atoms with Crippen LogP contribution in [0.2, 0.25) is 18.1 Å². The molecule has 0 amide bonds. The molecule has 2 aliphatic rings. The summed E-state index contributed by atoms with van der Waals surface area (Å²) in [6.07, 6.45) is 11.5. The van der Waals surface area contributed by atoms with Gasteiger partial charge in [0.05, 0.1) is 18.3 Å². The summed E-state index contributed by atoms with van der Waals surface area (Å²) in [6.45, 7) is 14.0. The van der Waals surface area contributed by atoms with Crippen LogP contribution >= 0.6 is 22.6 Å². The largest absolute Gasteiger partial charge is 0.411 e. The summed E-state index contributed by atoms with van der Waals surface area (Å²) in [6, 6.07) is 0. The van der Waals surface area contributed by atoms with Gasteiger partial charge >= 0.3 is 0 Å². The van der Waals surface area contributed by atoms with Crippen LogP contribution in [0.3, 0.4) is 0 Å². The summed E-state index contributed by atoms with van der Waals surface area (Å²) < 4.78 is 14.2. The highest BCUT2D eigenvalue weighted by Gasteiger charge is 2.45. The molecule has 1 saturated carbocycles. The Bertz CT molecular complexity index is 394. The number of rotatable bonds is 4. The van der Waals surface area contributed by atoms with Crippen molar-refractivity contribution >= 4 is 30.9 Å². The molecule has 0 radical (unpaired) electrons. The van der Waals surface area contributed by atoms with Crippen LogP contribution in [-0.4, -0.2) is 30.6 Å². The van der Waals surface area contributed by atoms with Crippen molar-refractivity contribution in [3.63, 3.8) is 0 Å². The fourth-order valence-electron chi connectivity index (χ4n) is 3.92. The molecule has 24 heavy (non-hydrogen) atoms. The number of alkyl halides is 1. The summed E-state index contributed by atoms with van der Waals surface area (Å²) in [7, 11) is -1.72. The van der Waals surface area contributed by atoms with Crippen molar-refractivity contribution in [2.24, 2.45) is 5.92 Å². The maximum atomic E-state index is 6.78. The van der Waals surface area contributed by atoms with E-state index in [1.165, 1.54) is 38.5 Å². The van der Waals surface area contributed by atoms with E-state index in [0.717, 1.165) is 22.7 Å². The molecule has 0 aromatic carbocycles. The van der Waals surface area contributed by atoms with Crippen LogP contribution in [0.25, 0.3) is 0 Å². The molecule has 0 N–H and O–H groups in total. The molecular formula is C20H39IO2Si. The van der Waals surface area contributed by atoms with E-state index in [2.05, 4.69) is 63.4 Å². The van der Waals surface area contributed by atoms with Gasteiger partial charge in [-0.1, -0.05) is 63.1 Å². The van der Waals surface area contributed by atoms with Gasteiger partial charge in [-0.2, -0.15) is 0 Å². The molecule has 1 aliphatic heterocycles. The molecule has 0 bridgehead atoms. The van der Waals surface area contributed by atoms with Gasteiger partial charge in [-0.05, 0) is 56.2 Å². The lowest BCUT2D eigenvalue weighted by Gasteiger charge is -2.39. The van der Waals surface area contributed by atoms with Gasteiger partial charge in [-0.15, -0.1) is 0 Å². The lowest BCUT2D eigenvalue weighted by Crippen LogP contribution is -2.45. The van der Waals surface area contributed by atoms with Crippen molar-refractivity contribution in [1.82, 2.24) is 0 Å². The summed E-state index contributed by atoms with van der Waals surface area (Å²) in [4.78, 5) is 0. The van der Waals surface area contributed by atoms with E-state index in [1.54, 1.807) is 0 Å². The summed E-state index contributed by atoms with van der Waals surface area (Å²) in [5, 5.41) is 0.276. The second kappa shape index (κ2) is 8.70. The fraction of sp³-hybridized carbons (Fsp3) is 1.00. The maximum absolute atomic E-state index is 6.78. The summed E-state index contributed by atoms with van der Waals surface area (Å²) in [5.41, 5.74) is 0. The predicted molar refractivity (Wildman–Crippen MR) is 115 cm³/mol. The molecular weight excluding hydrogens is 427 g/mol. The van der Waals surface area contributed by atoms with Gasteiger partial charge in [-0.25, -0.2) is 0 Å². The Labute approximate surface area is 165 Å². The van der Waals surface area contributed by atoms with Crippen molar-refractivity contribution in [2.75, 3.05) is 0 Å². The second-order valence-corrected chi connectivity index (χ2v) is 16.0. The van der Waals surface area contributed by atoms with Gasteiger partial charge in [-0.3, -0.25) is 0 Å². The highest BCUT2D eigenvalue weighted by atomic mass is 127. The van der Waals surface area contributed by atoms with Crippen LogP contribution < -0.4 is 0 Å². The van der Waals surface area contributed by atoms with E-state index >= 15 is 0 Å². The SMILES string of the molecule is CCC1OC(C2CCCCC(I)CC2)CC1O[Si](C)(C)C(C)(C)C. The van der Waals surface area contributed by atoms with Crippen LogP contribution in [0, 0.1) is 5.92 Å². The smallest absolute Gasteiger partial charge is 0.192 e. The van der Waals surface area contributed by atoms with E-state index in [-0.39, 0.29) is 5.04 Å². The number of ether oxygens (including phenoxy) is 1. The van der Waals surface area contributed by atoms with Crippen LogP contribution in [0.1, 0.15) is 79.1 Å². The van der Waals surface area contributed by atoms with E-state index in [0.29, 0.717) is 18.3 Å². The number of hydrogen-bond acceptors (Lipinski definition) is 2. The van der Waals surface area contributed by atoms with Gasteiger partial charge in [0.2, 0.25) is 0 Å². The van der Waals surface area contributed by atoms with Crippen molar-refractivity contribution in [2.45, 2.75) is 119 Å². The monoisotopic (exact) mass is 466 g/mol. The minimum atomic E-state index is -1.72. The van der Waals surface area contributed by atoms with Gasteiger partial charge in [0.25, 0.3) is 0 Å². The molecule has 1 heterocycles. The fourth-order valence-corrected chi connectivity index (χ4v) is 6.08. The third kappa shape index (κ3) is 5.43. The van der Waals surface area contributed by atoms with Crippen molar-refractivity contribution in [1.29, 1.82) is 0 Å². The summed E-state index contributed by atoms with van der Waals surface area (Å²) in [5.74, 6) is 0.754. The molecule has 2 nitrogen and oxygen atoms in total. The first-order valence-corrected chi connectivity index (χ1v) is 14.3. The van der Waals surface area contributed by atoms with Gasteiger partial charge in [0.15, 0.2) is 8.32 Å². The third-order valence-corrected chi connectivity index (χ3v) is 12.4. The highest BCUT2D eigenvalue weighted by molar-refractivity contribution is 14.1. The number of hydrogen-bond donors (Lipinski definition) is 0. The van der Waals surface area contributed by atoms with Crippen LogP contribution in [0.15, 0.2) is 0 Å². The molecule has 4 heteroatoms. The van der Waals surface area contributed by atoms with Crippen LogP contribution in [0.4, 0.5) is 0 Å². The molecule has 5 unspecified atom stereocenters. The minimum Gasteiger partial charge on any atom is -0.411 e. The zero-order chi connectivity index (χ0) is 18.0. The van der Waals surface area contributed by atoms with Gasteiger partial charge in [0, 0.05) is 10.3 Å². The predicted octanol–water partition coefficient (Wildman–Crippen LogP) is 6.72. The molecule has 2 rings (SSSR count). The standard InChI is InChI=1S/C20H39IO2Si/c1-7-17-19(23-24(5,6)20(2,3)4)14-18(22-17)15-10-8-9-11-16(21)13-12-15/h15-19H,7-14H2,1-6H3. The van der Waals surface area contributed by atoms with E-state index in [9.17, 15) is 0 Å². The molecule has 0 spiro atoms. The molecule has 5 atom stereocenters. The van der Waals surface area contributed by atoms with E-state index in [1.807, 2.05) is 0 Å². The molecule has 142 valence electrons. The topological polar surface area (TPSA) is 18.5 Å². The van der Waals surface area contributed by atoms with E-state index in [4.69, 9.17) is 9.16 Å². The van der Waals surface area contributed by atoms with Crippen molar-refractivity contribution in [3.8, 4) is 0 Å². The normalized spacial score (nSPS) is 36.4. The first-order chi connectivity index (χ1) is 11.1. The molecule has 1 aliphatic carbocycles. The Hall–Kier alpha value is 0.867. The maximum Gasteiger partial charge on any atom is 0.192 e. The lowest BCUT2D eigenvalue weighted by atomic mass is 9.86. The van der Waals surface area contributed by atoms with Gasteiger partial charge < -0.3 is 9.16 Å². The van der Waals surface area contributed by atoms with Gasteiger partial charge in [0.1, 0.15) is 0 Å². The summed E-state index contributed by atoms with van der Waals surface area (Å²) >= 11 is 2.65. The Morgan fingerprint density at radius 3 is 2.38 bits per heavy atom. The first-order valence-electron chi connectivity index (χ1n) is 10.1. The Morgan fingerprint density at radius 1 is 1.08 bits per heavy atom. The lowest BCUT2D eigenvalue weighted by molar-refractivity contribution is -0.0152. The second-order valence-electron chi connectivity index (χ2n) is 9.49. The molecule has 0 aromatic heterocycles. The van der Waals surface area contributed by atoms with E-state index < -0.39 is 8.32 Å². The Morgan fingerprint density at radius 2 is 1.75 bits per heavy atom. The van der Waals surface area contributed by atoms with Crippen LogP contribution in [0.5, 0.6) is 0 Å². The average molecular weight is 467 g/mol. The Balaban J connectivity index is 2.00. The average Bonchev–Trinajstić information content (AvgIpc) is 2.84. The quantitative estimate of drug-likeness (QED) is 0.260. The number of halogens is 1. The minimum absolute atomic E-state index is 0.276. The van der Waals surface area contributed by atoms with Crippen LogP contribution in [-0.2, 0) is 9.16 Å². The Kier molecular flexibility index (Phi) is 7.68. The molecule has 1 saturated heterocycles. The first kappa shape index (κ1) is 21.2. The molecule has 2 fully saturated rings. The van der Waals surface area contributed by atoms with Crippen molar-refractivity contribution < 1.29 is 9.16 Å². The van der Waals surface area contributed by atoms with Crippen molar-refractivity contribution in [3.05, 3.63) is 0 Å². The zero-order valence-corrected chi connectivity index (χ0v) is 19.9. The zero-order valence-electron chi connectivity index (χ0n) is 16.7.